The third kappa shape index (κ3) is 3.27. The van der Waals surface area contributed by atoms with Gasteiger partial charge in [-0.1, -0.05) is 43.9 Å². The average Bonchev–Trinajstić information content (AvgIpc) is 2.41. The summed E-state index contributed by atoms with van der Waals surface area (Å²) in [6.45, 7) is 2.22. The largest absolute Gasteiger partial charge is 0.294 e. The maximum Gasteiger partial charge on any atom is 0.166 e. The Morgan fingerprint density at radius 2 is 2.22 bits per heavy atom. The number of rotatable bonds is 3. The fourth-order valence-corrected chi connectivity index (χ4v) is 3.30. The first kappa shape index (κ1) is 14.3. The van der Waals surface area contributed by atoms with Crippen LogP contribution in [-0.2, 0) is 0 Å². The molecular weight excluding hydrogens is 359 g/mol. The van der Waals surface area contributed by atoms with Crippen molar-refractivity contribution >= 4 is 40.0 Å². The van der Waals surface area contributed by atoms with Gasteiger partial charge in [0.05, 0.1) is 5.02 Å². The Bertz CT molecular complexity index is 444. The van der Waals surface area contributed by atoms with Crippen molar-refractivity contribution in [3.63, 3.8) is 0 Å². The van der Waals surface area contributed by atoms with Crippen LogP contribution in [0.2, 0.25) is 5.02 Å². The van der Waals surface area contributed by atoms with E-state index in [-0.39, 0.29) is 11.7 Å². The first-order valence-corrected chi connectivity index (χ1v) is 8.06. The highest BCUT2D eigenvalue weighted by molar-refractivity contribution is 14.1. The van der Waals surface area contributed by atoms with Gasteiger partial charge >= 0.3 is 0 Å². The lowest BCUT2D eigenvalue weighted by Crippen LogP contribution is -2.22. The van der Waals surface area contributed by atoms with Gasteiger partial charge in [0.15, 0.2) is 5.78 Å². The maximum absolute atomic E-state index is 12.5. The molecule has 2 unspecified atom stereocenters. The van der Waals surface area contributed by atoms with E-state index in [1.165, 1.54) is 19.3 Å². The van der Waals surface area contributed by atoms with Crippen molar-refractivity contribution in [2.75, 3.05) is 0 Å². The Labute approximate surface area is 127 Å². The summed E-state index contributed by atoms with van der Waals surface area (Å²) in [5.41, 5.74) is 0.780. The van der Waals surface area contributed by atoms with Crippen LogP contribution in [0.1, 0.15) is 49.4 Å². The molecule has 0 radical (unpaired) electrons. The van der Waals surface area contributed by atoms with Crippen molar-refractivity contribution < 1.29 is 4.79 Å². The molecule has 0 amide bonds. The van der Waals surface area contributed by atoms with E-state index in [0.29, 0.717) is 5.02 Å². The van der Waals surface area contributed by atoms with Crippen LogP contribution in [0.4, 0.5) is 0 Å². The molecule has 0 spiro atoms. The lowest BCUT2D eigenvalue weighted by Gasteiger charge is -2.27. The Hall–Kier alpha value is -0.0900. The predicted octanol–water partition coefficient (Wildman–Crippen LogP) is 5.34. The molecule has 0 N–H and O–H groups in total. The molecule has 1 aromatic carbocycles. The molecule has 2 atom stereocenters. The van der Waals surface area contributed by atoms with Gasteiger partial charge in [0.1, 0.15) is 0 Å². The molecule has 98 valence electrons. The van der Waals surface area contributed by atoms with Crippen molar-refractivity contribution in [1.82, 2.24) is 0 Å². The Kier molecular flexibility index (Phi) is 5.07. The molecule has 1 aliphatic carbocycles. The number of ketones is 1. The van der Waals surface area contributed by atoms with Crippen LogP contribution in [0.15, 0.2) is 18.2 Å². The molecule has 0 saturated heterocycles. The van der Waals surface area contributed by atoms with Gasteiger partial charge < -0.3 is 0 Å². The van der Waals surface area contributed by atoms with E-state index in [0.717, 1.165) is 27.9 Å². The second kappa shape index (κ2) is 6.38. The van der Waals surface area contributed by atoms with Crippen LogP contribution < -0.4 is 0 Å². The number of benzene rings is 1. The number of carbonyl (C=O) groups is 1. The van der Waals surface area contributed by atoms with Crippen molar-refractivity contribution in [2.45, 2.75) is 39.0 Å². The summed E-state index contributed by atoms with van der Waals surface area (Å²) in [5.74, 6) is 1.22. The predicted molar refractivity (Wildman–Crippen MR) is 84.2 cm³/mol. The summed E-state index contributed by atoms with van der Waals surface area (Å²) in [4.78, 5) is 12.5. The van der Waals surface area contributed by atoms with Gasteiger partial charge in [0, 0.05) is 15.1 Å². The summed E-state index contributed by atoms with van der Waals surface area (Å²) < 4.78 is 1.00. The standard InChI is InChI=1S/C15H18ClIO/c1-2-10-4-3-5-11(8-10)15(18)12-6-7-14(17)13(16)9-12/h6-7,9-11H,2-5,8H2,1H3. The topological polar surface area (TPSA) is 17.1 Å². The number of carbonyl (C=O) groups excluding carboxylic acids is 1. The molecule has 0 aliphatic heterocycles. The van der Waals surface area contributed by atoms with Crippen LogP contribution in [0.3, 0.4) is 0 Å². The van der Waals surface area contributed by atoms with Crippen LogP contribution in [0.5, 0.6) is 0 Å². The van der Waals surface area contributed by atoms with Crippen molar-refractivity contribution in [3.05, 3.63) is 32.4 Å². The SMILES string of the molecule is CCC1CCCC(C(=O)c2ccc(I)c(Cl)c2)C1. The molecule has 18 heavy (non-hydrogen) atoms. The summed E-state index contributed by atoms with van der Waals surface area (Å²) in [7, 11) is 0. The third-order valence-electron chi connectivity index (χ3n) is 3.94. The van der Waals surface area contributed by atoms with Gasteiger partial charge in [-0.15, -0.1) is 0 Å². The van der Waals surface area contributed by atoms with E-state index in [4.69, 9.17) is 11.6 Å². The third-order valence-corrected chi connectivity index (χ3v) is 5.51. The number of hydrogen-bond donors (Lipinski definition) is 0. The van der Waals surface area contributed by atoms with Crippen molar-refractivity contribution in [1.29, 1.82) is 0 Å². The van der Waals surface area contributed by atoms with E-state index in [9.17, 15) is 4.79 Å². The molecule has 3 heteroatoms. The monoisotopic (exact) mass is 376 g/mol. The maximum atomic E-state index is 12.5. The molecule has 1 fully saturated rings. The molecule has 1 aromatic rings. The molecule has 0 bridgehead atoms. The average molecular weight is 377 g/mol. The van der Waals surface area contributed by atoms with Crippen LogP contribution in [-0.4, -0.2) is 5.78 Å². The van der Waals surface area contributed by atoms with Gasteiger partial charge in [-0.05, 0) is 53.5 Å². The minimum atomic E-state index is 0.208. The van der Waals surface area contributed by atoms with Crippen LogP contribution in [0.25, 0.3) is 0 Å². The Morgan fingerprint density at radius 3 is 2.89 bits per heavy atom. The van der Waals surface area contributed by atoms with E-state index in [1.807, 2.05) is 18.2 Å². The van der Waals surface area contributed by atoms with E-state index >= 15 is 0 Å². The van der Waals surface area contributed by atoms with Gasteiger partial charge in [0.2, 0.25) is 0 Å². The molecule has 1 saturated carbocycles. The second-order valence-corrected chi connectivity index (χ2v) is 6.70. The highest BCUT2D eigenvalue weighted by atomic mass is 127. The van der Waals surface area contributed by atoms with E-state index in [1.54, 1.807) is 0 Å². The minimum Gasteiger partial charge on any atom is -0.294 e. The highest BCUT2D eigenvalue weighted by Gasteiger charge is 2.27. The van der Waals surface area contributed by atoms with Gasteiger partial charge in [0.25, 0.3) is 0 Å². The van der Waals surface area contributed by atoms with Gasteiger partial charge in [-0.3, -0.25) is 4.79 Å². The first-order chi connectivity index (χ1) is 8.61. The van der Waals surface area contributed by atoms with E-state index < -0.39 is 0 Å². The fourth-order valence-electron chi connectivity index (χ4n) is 2.79. The Balaban J connectivity index is 2.12. The zero-order chi connectivity index (χ0) is 13.1. The van der Waals surface area contributed by atoms with E-state index in [2.05, 4.69) is 29.5 Å². The normalized spacial score (nSPS) is 23.9. The number of hydrogen-bond acceptors (Lipinski definition) is 1. The quantitative estimate of drug-likeness (QED) is 0.514. The number of halogens is 2. The van der Waals surface area contributed by atoms with Crippen molar-refractivity contribution in [3.8, 4) is 0 Å². The molecular formula is C15H18ClIO. The van der Waals surface area contributed by atoms with Crippen LogP contribution in [0, 0.1) is 15.4 Å². The molecule has 0 aromatic heterocycles. The lowest BCUT2D eigenvalue weighted by atomic mass is 9.77. The lowest BCUT2D eigenvalue weighted by molar-refractivity contribution is 0.0862. The van der Waals surface area contributed by atoms with Crippen LogP contribution >= 0.6 is 34.2 Å². The molecule has 2 rings (SSSR count). The molecule has 1 nitrogen and oxygen atoms in total. The highest BCUT2D eigenvalue weighted by Crippen LogP contribution is 2.33. The summed E-state index contributed by atoms with van der Waals surface area (Å²) in [5, 5.41) is 0.685. The van der Waals surface area contributed by atoms with Crippen molar-refractivity contribution in [2.24, 2.45) is 11.8 Å². The summed E-state index contributed by atoms with van der Waals surface area (Å²) in [6, 6.07) is 5.66. The van der Waals surface area contributed by atoms with Gasteiger partial charge in [-0.2, -0.15) is 0 Å². The minimum absolute atomic E-state index is 0.208. The second-order valence-electron chi connectivity index (χ2n) is 5.13. The first-order valence-electron chi connectivity index (χ1n) is 6.61. The summed E-state index contributed by atoms with van der Waals surface area (Å²) >= 11 is 8.28. The zero-order valence-electron chi connectivity index (χ0n) is 10.6. The fraction of sp³-hybridized carbons (Fsp3) is 0.533. The summed E-state index contributed by atoms with van der Waals surface area (Å²) in [6.07, 6.45) is 5.76. The smallest absolute Gasteiger partial charge is 0.166 e. The number of Topliss-reactive ketones (excluding diaryl/α,β-unsaturated/α-hetero) is 1. The Morgan fingerprint density at radius 1 is 1.44 bits per heavy atom. The zero-order valence-corrected chi connectivity index (χ0v) is 13.5. The van der Waals surface area contributed by atoms with Gasteiger partial charge in [-0.25, -0.2) is 0 Å². The molecule has 0 heterocycles. The molecule has 1 aliphatic rings.